The Balaban J connectivity index is 1.36. The molecule has 0 atom stereocenters. The molecular weight excluding hydrogens is 426 g/mol. The van der Waals surface area contributed by atoms with Crippen molar-refractivity contribution in [3.05, 3.63) is 66.1 Å². The molecule has 0 unspecified atom stereocenters. The number of nitrogens with two attached hydrogens (primary N) is 1. The van der Waals surface area contributed by atoms with E-state index in [1.165, 1.54) is 0 Å². The van der Waals surface area contributed by atoms with Crippen LogP contribution >= 0.6 is 11.6 Å². The van der Waals surface area contributed by atoms with Gasteiger partial charge >= 0.3 is 0 Å². The predicted molar refractivity (Wildman–Crippen MR) is 126 cm³/mol. The molecular formula is C23H24ClN7O. The SMILES string of the molecule is NC1CCC(Nc2cc(Nc3ccc(Oc4cccnc4)cc3)n3ncc(Cl)c3n2)CC1. The number of nitrogens with one attached hydrogen (secondary N) is 2. The van der Waals surface area contributed by atoms with Crippen LogP contribution in [-0.4, -0.2) is 31.7 Å². The maximum absolute atomic E-state index is 6.34. The molecule has 3 aromatic heterocycles. The molecule has 0 bridgehead atoms. The highest BCUT2D eigenvalue weighted by atomic mass is 35.5. The number of halogens is 1. The van der Waals surface area contributed by atoms with Crippen LogP contribution in [0.3, 0.4) is 0 Å². The number of hydrogen-bond acceptors (Lipinski definition) is 7. The molecule has 32 heavy (non-hydrogen) atoms. The van der Waals surface area contributed by atoms with Crippen LogP contribution in [0, 0.1) is 0 Å². The van der Waals surface area contributed by atoms with Gasteiger partial charge in [0.2, 0.25) is 0 Å². The van der Waals surface area contributed by atoms with Crippen molar-refractivity contribution >= 4 is 34.6 Å². The van der Waals surface area contributed by atoms with Gasteiger partial charge in [0.25, 0.3) is 0 Å². The van der Waals surface area contributed by atoms with Gasteiger partial charge in [-0.15, -0.1) is 0 Å². The summed E-state index contributed by atoms with van der Waals surface area (Å²) in [5.41, 5.74) is 7.53. The number of rotatable bonds is 6. The van der Waals surface area contributed by atoms with Crippen LogP contribution in [0.1, 0.15) is 25.7 Å². The van der Waals surface area contributed by atoms with Crippen molar-refractivity contribution in [2.45, 2.75) is 37.8 Å². The number of hydrogen-bond donors (Lipinski definition) is 3. The molecule has 1 aromatic carbocycles. The van der Waals surface area contributed by atoms with Gasteiger partial charge in [-0.25, -0.2) is 4.98 Å². The Morgan fingerprint density at radius 3 is 2.59 bits per heavy atom. The minimum atomic E-state index is 0.301. The first kappa shape index (κ1) is 20.5. The standard InChI is InChI=1S/C23H24ClN7O/c24-20-14-27-31-22(12-21(30-23(20)31)28-16-5-3-15(25)4-6-16)29-17-7-9-18(10-8-17)32-19-2-1-11-26-13-19/h1-2,7-16,29H,3-6,25H2,(H,28,30). The van der Waals surface area contributed by atoms with Gasteiger partial charge in [-0.1, -0.05) is 11.6 Å². The summed E-state index contributed by atoms with van der Waals surface area (Å²) in [5.74, 6) is 2.94. The highest BCUT2D eigenvalue weighted by Crippen LogP contribution is 2.28. The molecule has 1 aliphatic rings. The summed E-state index contributed by atoms with van der Waals surface area (Å²) >= 11 is 6.34. The molecule has 1 aliphatic carbocycles. The highest BCUT2D eigenvalue weighted by Gasteiger charge is 2.20. The Kier molecular flexibility index (Phi) is 5.79. The van der Waals surface area contributed by atoms with E-state index in [0.717, 1.165) is 48.8 Å². The molecule has 5 rings (SSSR count). The molecule has 3 heterocycles. The summed E-state index contributed by atoms with van der Waals surface area (Å²) in [7, 11) is 0. The number of nitrogens with zero attached hydrogens (tertiary/aromatic N) is 4. The van der Waals surface area contributed by atoms with E-state index in [-0.39, 0.29) is 0 Å². The van der Waals surface area contributed by atoms with Gasteiger partial charge in [0, 0.05) is 30.0 Å². The second-order valence-electron chi connectivity index (χ2n) is 7.95. The maximum Gasteiger partial charge on any atom is 0.178 e. The van der Waals surface area contributed by atoms with Crippen LogP contribution in [0.2, 0.25) is 5.02 Å². The van der Waals surface area contributed by atoms with E-state index in [2.05, 4.69) is 25.7 Å². The lowest BCUT2D eigenvalue weighted by Gasteiger charge is -2.27. The summed E-state index contributed by atoms with van der Waals surface area (Å²) in [4.78, 5) is 8.73. The van der Waals surface area contributed by atoms with Crippen LogP contribution in [-0.2, 0) is 0 Å². The fraction of sp³-hybridized carbons (Fsp3) is 0.261. The molecule has 1 saturated carbocycles. The number of aromatic nitrogens is 4. The third-order valence-electron chi connectivity index (χ3n) is 5.55. The first-order valence-corrected chi connectivity index (χ1v) is 11.0. The van der Waals surface area contributed by atoms with Crippen LogP contribution in [0.5, 0.6) is 11.5 Å². The number of pyridine rings is 1. The third kappa shape index (κ3) is 4.61. The Morgan fingerprint density at radius 1 is 1.03 bits per heavy atom. The minimum absolute atomic E-state index is 0.301. The average molecular weight is 450 g/mol. The summed E-state index contributed by atoms with van der Waals surface area (Å²) in [5, 5.41) is 11.8. The van der Waals surface area contributed by atoms with Gasteiger partial charge < -0.3 is 21.1 Å². The first-order valence-electron chi connectivity index (χ1n) is 10.7. The van der Waals surface area contributed by atoms with Crippen molar-refractivity contribution in [3.63, 3.8) is 0 Å². The Hall–Kier alpha value is -3.36. The molecule has 0 saturated heterocycles. The van der Waals surface area contributed by atoms with Gasteiger partial charge in [-0.2, -0.15) is 9.61 Å². The molecule has 1 fully saturated rings. The zero-order valence-corrected chi connectivity index (χ0v) is 18.2. The topological polar surface area (TPSA) is 102 Å². The lowest BCUT2D eigenvalue weighted by Crippen LogP contribution is -2.33. The van der Waals surface area contributed by atoms with E-state index in [4.69, 9.17) is 22.1 Å². The molecule has 164 valence electrons. The Morgan fingerprint density at radius 2 is 1.84 bits per heavy atom. The van der Waals surface area contributed by atoms with Crippen molar-refractivity contribution in [1.29, 1.82) is 0 Å². The Bertz CT molecular complexity index is 1190. The summed E-state index contributed by atoms with van der Waals surface area (Å²) in [6.45, 7) is 0. The van der Waals surface area contributed by atoms with Crippen LogP contribution in [0.4, 0.5) is 17.3 Å². The zero-order valence-electron chi connectivity index (χ0n) is 17.4. The number of ether oxygens (including phenoxy) is 1. The van der Waals surface area contributed by atoms with E-state index >= 15 is 0 Å². The van der Waals surface area contributed by atoms with E-state index in [0.29, 0.717) is 28.5 Å². The van der Waals surface area contributed by atoms with Gasteiger partial charge in [-0.3, -0.25) is 4.98 Å². The number of anilines is 3. The smallest absolute Gasteiger partial charge is 0.178 e. The molecule has 4 aromatic rings. The minimum Gasteiger partial charge on any atom is -0.456 e. The zero-order chi connectivity index (χ0) is 21.9. The Labute approximate surface area is 190 Å². The van der Waals surface area contributed by atoms with Crippen LogP contribution in [0.15, 0.2) is 61.1 Å². The molecule has 8 nitrogen and oxygen atoms in total. The third-order valence-corrected chi connectivity index (χ3v) is 5.82. The van der Waals surface area contributed by atoms with Crippen LogP contribution in [0.25, 0.3) is 5.65 Å². The summed E-state index contributed by atoms with van der Waals surface area (Å²) in [6, 6.07) is 14.0. The lowest BCUT2D eigenvalue weighted by atomic mass is 9.92. The van der Waals surface area contributed by atoms with Crippen molar-refractivity contribution < 1.29 is 4.74 Å². The molecule has 4 N–H and O–H groups in total. The van der Waals surface area contributed by atoms with E-state index < -0.39 is 0 Å². The average Bonchev–Trinajstić information content (AvgIpc) is 3.18. The van der Waals surface area contributed by atoms with Crippen molar-refractivity contribution in [3.8, 4) is 11.5 Å². The second kappa shape index (κ2) is 9.02. The predicted octanol–water partition coefficient (Wildman–Crippen LogP) is 5.00. The van der Waals surface area contributed by atoms with Crippen molar-refractivity contribution in [1.82, 2.24) is 19.6 Å². The second-order valence-corrected chi connectivity index (χ2v) is 8.36. The van der Waals surface area contributed by atoms with E-state index in [1.807, 2.05) is 42.5 Å². The maximum atomic E-state index is 6.34. The molecule has 0 amide bonds. The molecule has 9 heteroatoms. The number of benzene rings is 1. The largest absolute Gasteiger partial charge is 0.456 e. The fourth-order valence-electron chi connectivity index (χ4n) is 3.87. The molecule has 0 radical (unpaired) electrons. The molecule has 0 spiro atoms. The normalized spacial score (nSPS) is 18.4. The highest BCUT2D eigenvalue weighted by molar-refractivity contribution is 6.33. The summed E-state index contributed by atoms with van der Waals surface area (Å²) in [6.07, 6.45) is 9.09. The van der Waals surface area contributed by atoms with Gasteiger partial charge in [0.05, 0.1) is 12.4 Å². The van der Waals surface area contributed by atoms with Crippen molar-refractivity contribution in [2.75, 3.05) is 10.6 Å². The van der Waals surface area contributed by atoms with Crippen molar-refractivity contribution in [2.24, 2.45) is 5.73 Å². The molecule has 0 aliphatic heterocycles. The number of fused-ring (bicyclic) bond motifs is 1. The monoisotopic (exact) mass is 449 g/mol. The lowest BCUT2D eigenvalue weighted by molar-refractivity contribution is 0.410. The first-order chi connectivity index (χ1) is 15.6. The van der Waals surface area contributed by atoms with Gasteiger partial charge in [0.1, 0.15) is 28.2 Å². The van der Waals surface area contributed by atoms with Gasteiger partial charge in [-0.05, 0) is 62.1 Å². The van der Waals surface area contributed by atoms with Crippen LogP contribution < -0.4 is 21.1 Å². The quantitative estimate of drug-likeness (QED) is 0.380. The van der Waals surface area contributed by atoms with Gasteiger partial charge in [0.15, 0.2) is 5.65 Å². The fourth-order valence-corrected chi connectivity index (χ4v) is 4.04. The summed E-state index contributed by atoms with van der Waals surface area (Å²) < 4.78 is 7.51. The van der Waals surface area contributed by atoms with E-state index in [1.54, 1.807) is 23.1 Å². The van der Waals surface area contributed by atoms with E-state index in [9.17, 15) is 0 Å².